The van der Waals surface area contributed by atoms with Crippen LogP contribution in [0.15, 0.2) is 5.38 Å². The Hall–Kier alpha value is -0.850. The third-order valence-electron chi connectivity index (χ3n) is 3.05. The van der Waals surface area contributed by atoms with Gasteiger partial charge in [-0.2, -0.15) is 0 Å². The van der Waals surface area contributed by atoms with Crippen LogP contribution in [0.25, 0.3) is 0 Å². The maximum atomic E-state index is 4.75. The lowest BCUT2D eigenvalue weighted by molar-refractivity contribution is 0.561. The van der Waals surface area contributed by atoms with E-state index in [0.717, 1.165) is 17.1 Å². The van der Waals surface area contributed by atoms with Gasteiger partial charge in [0, 0.05) is 17.2 Å². The van der Waals surface area contributed by atoms with Crippen molar-refractivity contribution in [3.05, 3.63) is 26.7 Å². The van der Waals surface area contributed by atoms with E-state index in [1.54, 1.807) is 11.3 Å². The molecule has 0 aliphatic rings. The van der Waals surface area contributed by atoms with Crippen LogP contribution in [0.3, 0.4) is 0 Å². The van der Waals surface area contributed by atoms with E-state index in [1.807, 2.05) is 14.0 Å². The minimum atomic E-state index is 0.117. The summed E-state index contributed by atoms with van der Waals surface area (Å²) in [7, 11) is 1.97. The van der Waals surface area contributed by atoms with Crippen LogP contribution in [0.2, 0.25) is 0 Å². The normalized spacial score (nSPS) is 13.7. The number of nitrogens with one attached hydrogen (secondary N) is 1. The van der Waals surface area contributed by atoms with Gasteiger partial charge in [0.2, 0.25) is 0 Å². The van der Waals surface area contributed by atoms with Gasteiger partial charge in [0.1, 0.15) is 0 Å². The van der Waals surface area contributed by atoms with Crippen molar-refractivity contribution in [3.63, 3.8) is 0 Å². The summed E-state index contributed by atoms with van der Waals surface area (Å²) >= 11 is 3.20. The first-order chi connectivity index (χ1) is 8.91. The molecule has 2 rings (SSSR count). The minimum absolute atomic E-state index is 0.117. The summed E-state index contributed by atoms with van der Waals surface area (Å²) in [6.07, 6.45) is 0.891. The quantitative estimate of drug-likeness (QED) is 0.942. The molecule has 0 saturated carbocycles. The summed E-state index contributed by atoms with van der Waals surface area (Å²) in [5.41, 5.74) is 2.30. The number of likely N-dealkylation sites (N-methyl/N-ethyl adjacent to an activating group) is 1. The van der Waals surface area contributed by atoms with Crippen LogP contribution in [-0.2, 0) is 11.8 Å². The summed E-state index contributed by atoms with van der Waals surface area (Å²) in [5.74, 6) is 0. The highest BCUT2D eigenvalue weighted by molar-refractivity contribution is 7.09. The first kappa shape index (κ1) is 14.6. The van der Waals surface area contributed by atoms with E-state index in [2.05, 4.69) is 41.1 Å². The highest BCUT2D eigenvalue weighted by atomic mass is 32.1. The summed E-state index contributed by atoms with van der Waals surface area (Å²) in [5, 5.41) is 10.8. The smallest absolute Gasteiger partial charge is 0.0947 e. The second-order valence-electron chi connectivity index (χ2n) is 5.64. The summed E-state index contributed by atoms with van der Waals surface area (Å²) in [4.78, 5) is 5.95. The second kappa shape index (κ2) is 5.64. The first-order valence-corrected chi connectivity index (χ1v) is 7.98. The van der Waals surface area contributed by atoms with Crippen LogP contribution in [0.5, 0.6) is 0 Å². The molecule has 2 heterocycles. The van der Waals surface area contributed by atoms with Gasteiger partial charge >= 0.3 is 0 Å². The van der Waals surface area contributed by atoms with E-state index < -0.39 is 0 Å². The molecule has 0 bridgehead atoms. The molecule has 1 unspecified atom stereocenters. The molecule has 2 aromatic heterocycles. The lowest BCUT2D eigenvalue weighted by Crippen LogP contribution is -2.19. The largest absolute Gasteiger partial charge is 0.312 e. The number of nitrogens with zero attached hydrogens (tertiary/aromatic N) is 3. The van der Waals surface area contributed by atoms with Crippen molar-refractivity contribution in [1.82, 2.24) is 19.9 Å². The van der Waals surface area contributed by atoms with Gasteiger partial charge in [-0.15, -0.1) is 16.4 Å². The topological polar surface area (TPSA) is 50.7 Å². The predicted molar refractivity (Wildman–Crippen MR) is 81.0 cm³/mol. The van der Waals surface area contributed by atoms with Gasteiger partial charge in [0.05, 0.1) is 27.3 Å². The molecule has 4 nitrogen and oxygen atoms in total. The molecule has 0 aliphatic carbocycles. The van der Waals surface area contributed by atoms with E-state index in [4.69, 9.17) is 4.98 Å². The highest BCUT2D eigenvalue weighted by Crippen LogP contribution is 2.28. The van der Waals surface area contributed by atoms with E-state index >= 15 is 0 Å². The standard InChI is InChI=1S/C13H20N4S2/c1-8-12(19-17-16-8)9(14-5)6-11-15-10(7-18-11)13(2,3)4/h7,9,14H,6H2,1-5H3. The Kier molecular flexibility index (Phi) is 4.32. The van der Waals surface area contributed by atoms with Gasteiger partial charge in [-0.25, -0.2) is 4.98 Å². The molecule has 104 valence electrons. The van der Waals surface area contributed by atoms with Gasteiger partial charge < -0.3 is 5.32 Å². The van der Waals surface area contributed by atoms with E-state index in [-0.39, 0.29) is 11.5 Å². The number of thiazole rings is 1. The molecule has 1 N–H and O–H groups in total. The Balaban J connectivity index is 2.16. The summed E-state index contributed by atoms with van der Waals surface area (Å²) in [6, 6.07) is 0.249. The van der Waals surface area contributed by atoms with Crippen LogP contribution in [0.4, 0.5) is 0 Å². The average Bonchev–Trinajstić information content (AvgIpc) is 2.94. The fraction of sp³-hybridized carbons (Fsp3) is 0.615. The third kappa shape index (κ3) is 3.38. The summed E-state index contributed by atoms with van der Waals surface area (Å²) in [6.45, 7) is 8.58. The average molecular weight is 296 g/mol. The Morgan fingerprint density at radius 2 is 2.11 bits per heavy atom. The molecule has 0 amide bonds. The molecular formula is C13H20N4S2. The van der Waals surface area contributed by atoms with Crippen molar-refractivity contribution in [3.8, 4) is 0 Å². The maximum absolute atomic E-state index is 4.75. The van der Waals surface area contributed by atoms with Crippen LogP contribution in [0, 0.1) is 6.92 Å². The third-order valence-corrected chi connectivity index (χ3v) is 4.86. The molecule has 0 aromatic carbocycles. The summed E-state index contributed by atoms with van der Waals surface area (Å²) < 4.78 is 4.01. The molecule has 2 aromatic rings. The molecule has 0 aliphatic heterocycles. The Labute approximate surface area is 122 Å². The van der Waals surface area contributed by atoms with Crippen LogP contribution in [0.1, 0.15) is 48.1 Å². The predicted octanol–water partition coefficient (Wildman–Crippen LogP) is 3.10. The highest BCUT2D eigenvalue weighted by Gasteiger charge is 2.21. The number of aromatic nitrogens is 3. The number of hydrogen-bond donors (Lipinski definition) is 1. The molecule has 0 fully saturated rings. The van der Waals surface area contributed by atoms with Crippen molar-refractivity contribution in [1.29, 1.82) is 0 Å². The first-order valence-electron chi connectivity index (χ1n) is 6.33. The van der Waals surface area contributed by atoms with Gasteiger partial charge in [-0.1, -0.05) is 25.3 Å². The SMILES string of the molecule is CNC(Cc1nc(C(C)(C)C)cs1)c1snnc1C. The Morgan fingerprint density at radius 3 is 2.58 bits per heavy atom. The van der Waals surface area contributed by atoms with Gasteiger partial charge in [0.25, 0.3) is 0 Å². The molecular weight excluding hydrogens is 276 g/mol. The van der Waals surface area contributed by atoms with Crippen molar-refractivity contribution >= 4 is 22.9 Å². The minimum Gasteiger partial charge on any atom is -0.312 e. The molecule has 6 heteroatoms. The second-order valence-corrected chi connectivity index (χ2v) is 7.37. The van der Waals surface area contributed by atoms with E-state index in [9.17, 15) is 0 Å². The zero-order valence-electron chi connectivity index (χ0n) is 12.0. The fourth-order valence-corrected chi connectivity index (χ4v) is 3.63. The Bertz CT molecular complexity index is 539. The lowest BCUT2D eigenvalue weighted by Gasteiger charge is -2.15. The maximum Gasteiger partial charge on any atom is 0.0947 e. The van der Waals surface area contributed by atoms with Crippen molar-refractivity contribution < 1.29 is 0 Å². The van der Waals surface area contributed by atoms with Crippen LogP contribution >= 0.6 is 22.9 Å². The van der Waals surface area contributed by atoms with Gasteiger partial charge in [-0.3, -0.25) is 0 Å². The fourth-order valence-electron chi connectivity index (χ4n) is 1.81. The zero-order chi connectivity index (χ0) is 14.0. The zero-order valence-corrected chi connectivity index (χ0v) is 13.7. The van der Waals surface area contributed by atoms with Crippen molar-refractivity contribution in [2.75, 3.05) is 7.05 Å². The molecule has 1 atom stereocenters. The number of aryl methyl sites for hydroxylation is 1. The number of rotatable bonds is 4. The Morgan fingerprint density at radius 1 is 1.37 bits per heavy atom. The monoisotopic (exact) mass is 296 g/mol. The number of hydrogen-bond acceptors (Lipinski definition) is 6. The molecule has 19 heavy (non-hydrogen) atoms. The lowest BCUT2D eigenvalue weighted by atomic mass is 9.93. The van der Waals surface area contributed by atoms with E-state index in [1.165, 1.54) is 22.1 Å². The van der Waals surface area contributed by atoms with Gasteiger partial charge in [0.15, 0.2) is 0 Å². The van der Waals surface area contributed by atoms with Crippen molar-refractivity contribution in [2.45, 2.75) is 45.6 Å². The molecule has 0 radical (unpaired) electrons. The van der Waals surface area contributed by atoms with Gasteiger partial charge in [-0.05, 0) is 25.5 Å². The molecule has 0 saturated heterocycles. The van der Waals surface area contributed by atoms with Crippen molar-refractivity contribution in [2.24, 2.45) is 0 Å². The van der Waals surface area contributed by atoms with Crippen LogP contribution < -0.4 is 5.32 Å². The van der Waals surface area contributed by atoms with Crippen LogP contribution in [-0.4, -0.2) is 21.6 Å². The van der Waals surface area contributed by atoms with E-state index in [0.29, 0.717) is 0 Å². The molecule has 0 spiro atoms.